The molecule has 3 amide bonds. The highest BCUT2D eigenvalue weighted by molar-refractivity contribution is 5.96. The summed E-state index contributed by atoms with van der Waals surface area (Å²) in [6, 6.07) is 14.8. The van der Waals surface area contributed by atoms with E-state index in [2.05, 4.69) is 10.2 Å². The fourth-order valence-electron chi connectivity index (χ4n) is 3.60. The second kappa shape index (κ2) is 10.2. The molecule has 1 saturated heterocycles. The zero-order valence-electron chi connectivity index (χ0n) is 18.4. The van der Waals surface area contributed by atoms with Crippen LogP contribution < -0.4 is 5.32 Å². The van der Waals surface area contributed by atoms with E-state index in [1.165, 1.54) is 4.90 Å². The summed E-state index contributed by atoms with van der Waals surface area (Å²) in [6.07, 6.45) is 0.416. The van der Waals surface area contributed by atoms with Crippen molar-refractivity contribution in [3.05, 3.63) is 65.2 Å². The lowest BCUT2D eigenvalue weighted by molar-refractivity contribution is -0.132. The third-order valence-corrected chi connectivity index (χ3v) is 5.52. The van der Waals surface area contributed by atoms with Gasteiger partial charge in [0.05, 0.1) is 13.0 Å². The average Bonchev–Trinajstić information content (AvgIpc) is 2.75. The standard InChI is InChI=1S/C24H30N4O3/c1-18-6-4-5-7-20(18)16-23(30)28-14-12-27(13-15-28)17-22(29)25-21-10-8-19(9-11-21)24(31)26(2)3/h4-11H,12-17H2,1-3H3,(H,25,29). The van der Waals surface area contributed by atoms with Gasteiger partial charge in [-0.3, -0.25) is 19.3 Å². The molecule has 7 nitrogen and oxygen atoms in total. The molecular weight excluding hydrogens is 392 g/mol. The number of benzene rings is 2. The van der Waals surface area contributed by atoms with Crippen LogP contribution in [0, 0.1) is 6.92 Å². The fraction of sp³-hybridized carbons (Fsp3) is 0.375. The van der Waals surface area contributed by atoms with E-state index in [-0.39, 0.29) is 24.3 Å². The van der Waals surface area contributed by atoms with E-state index in [0.717, 1.165) is 11.1 Å². The molecule has 2 aromatic rings. The predicted octanol–water partition coefficient (Wildman–Crippen LogP) is 2.02. The number of nitrogens with zero attached hydrogens (tertiary/aromatic N) is 3. The minimum absolute atomic E-state index is 0.0762. The van der Waals surface area contributed by atoms with Crippen molar-refractivity contribution in [3.63, 3.8) is 0 Å². The predicted molar refractivity (Wildman–Crippen MR) is 121 cm³/mol. The van der Waals surface area contributed by atoms with Crippen LogP contribution in [0.2, 0.25) is 0 Å². The molecule has 2 aromatic carbocycles. The lowest BCUT2D eigenvalue weighted by Gasteiger charge is -2.34. The number of carbonyl (C=O) groups is 3. The first kappa shape index (κ1) is 22.5. The van der Waals surface area contributed by atoms with Gasteiger partial charge in [0.2, 0.25) is 11.8 Å². The zero-order valence-corrected chi connectivity index (χ0v) is 18.4. The fourth-order valence-corrected chi connectivity index (χ4v) is 3.60. The summed E-state index contributed by atoms with van der Waals surface area (Å²) in [5.41, 5.74) is 3.43. The van der Waals surface area contributed by atoms with Gasteiger partial charge in [0.25, 0.3) is 5.91 Å². The number of amides is 3. The Labute approximate surface area is 183 Å². The Balaban J connectivity index is 1.44. The quantitative estimate of drug-likeness (QED) is 0.773. The Morgan fingerprint density at radius 1 is 0.935 bits per heavy atom. The van der Waals surface area contributed by atoms with Crippen molar-refractivity contribution in [1.29, 1.82) is 0 Å². The smallest absolute Gasteiger partial charge is 0.253 e. The summed E-state index contributed by atoms with van der Waals surface area (Å²) < 4.78 is 0. The highest BCUT2D eigenvalue weighted by Gasteiger charge is 2.22. The zero-order chi connectivity index (χ0) is 22.4. The van der Waals surface area contributed by atoms with Gasteiger partial charge in [-0.05, 0) is 42.3 Å². The average molecular weight is 423 g/mol. The van der Waals surface area contributed by atoms with Crippen LogP contribution in [0.25, 0.3) is 0 Å². The van der Waals surface area contributed by atoms with Gasteiger partial charge >= 0.3 is 0 Å². The molecule has 31 heavy (non-hydrogen) atoms. The van der Waals surface area contributed by atoms with Crippen molar-refractivity contribution < 1.29 is 14.4 Å². The normalized spacial score (nSPS) is 14.2. The van der Waals surface area contributed by atoms with E-state index in [9.17, 15) is 14.4 Å². The molecule has 0 bridgehead atoms. The number of anilines is 1. The molecule has 7 heteroatoms. The van der Waals surface area contributed by atoms with Gasteiger partial charge in [-0.25, -0.2) is 0 Å². The highest BCUT2D eigenvalue weighted by atomic mass is 16.2. The maximum Gasteiger partial charge on any atom is 0.253 e. The SMILES string of the molecule is Cc1ccccc1CC(=O)N1CCN(CC(=O)Nc2ccc(C(=O)N(C)C)cc2)CC1. The highest BCUT2D eigenvalue weighted by Crippen LogP contribution is 2.13. The molecule has 1 aliphatic rings. The molecule has 1 N–H and O–H groups in total. The summed E-state index contributed by atoms with van der Waals surface area (Å²) >= 11 is 0. The van der Waals surface area contributed by atoms with Crippen LogP contribution >= 0.6 is 0 Å². The number of hydrogen-bond acceptors (Lipinski definition) is 4. The van der Waals surface area contributed by atoms with Crippen molar-refractivity contribution in [2.24, 2.45) is 0 Å². The van der Waals surface area contributed by atoms with E-state index in [1.54, 1.807) is 38.4 Å². The lowest BCUT2D eigenvalue weighted by atomic mass is 10.1. The molecule has 0 radical (unpaired) electrons. The summed E-state index contributed by atoms with van der Waals surface area (Å²) in [5, 5.41) is 2.87. The van der Waals surface area contributed by atoms with Gasteiger partial charge in [0.1, 0.15) is 0 Å². The van der Waals surface area contributed by atoms with Crippen molar-refractivity contribution in [2.75, 3.05) is 52.1 Å². The number of rotatable bonds is 6. The van der Waals surface area contributed by atoms with Crippen molar-refractivity contribution in [2.45, 2.75) is 13.3 Å². The monoisotopic (exact) mass is 422 g/mol. The van der Waals surface area contributed by atoms with Crippen LogP contribution in [0.1, 0.15) is 21.5 Å². The summed E-state index contributed by atoms with van der Waals surface area (Å²) in [5.74, 6) is -0.0511. The summed E-state index contributed by atoms with van der Waals surface area (Å²) in [4.78, 5) is 42.4. The third kappa shape index (κ3) is 6.15. The van der Waals surface area contributed by atoms with E-state index in [4.69, 9.17) is 0 Å². The van der Waals surface area contributed by atoms with E-state index in [1.807, 2.05) is 36.1 Å². The van der Waals surface area contributed by atoms with Crippen LogP contribution in [-0.4, -0.2) is 79.2 Å². The molecule has 0 aromatic heterocycles. The Morgan fingerprint density at radius 2 is 1.58 bits per heavy atom. The van der Waals surface area contributed by atoms with Gasteiger partial charge < -0.3 is 15.1 Å². The number of hydrogen-bond donors (Lipinski definition) is 1. The Hall–Kier alpha value is -3.19. The molecule has 0 atom stereocenters. The topological polar surface area (TPSA) is 73.0 Å². The van der Waals surface area contributed by atoms with Gasteiger partial charge in [-0.1, -0.05) is 24.3 Å². The molecule has 0 saturated carbocycles. The van der Waals surface area contributed by atoms with Crippen molar-refractivity contribution >= 4 is 23.4 Å². The van der Waals surface area contributed by atoms with Crippen molar-refractivity contribution in [3.8, 4) is 0 Å². The maximum absolute atomic E-state index is 12.6. The lowest BCUT2D eigenvalue weighted by Crippen LogP contribution is -2.50. The number of piperazine rings is 1. The largest absolute Gasteiger partial charge is 0.345 e. The molecular formula is C24H30N4O3. The number of nitrogens with one attached hydrogen (secondary N) is 1. The molecule has 0 aliphatic carbocycles. The second-order valence-corrected chi connectivity index (χ2v) is 8.09. The van der Waals surface area contributed by atoms with Crippen LogP contribution in [0.15, 0.2) is 48.5 Å². The van der Waals surface area contributed by atoms with Crippen LogP contribution in [-0.2, 0) is 16.0 Å². The molecule has 1 heterocycles. The van der Waals surface area contributed by atoms with E-state index >= 15 is 0 Å². The van der Waals surface area contributed by atoms with Gasteiger partial charge in [0, 0.05) is 51.5 Å². The maximum atomic E-state index is 12.6. The minimum atomic E-state index is -0.105. The first-order chi connectivity index (χ1) is 14.8. The van der Waals surface area contributed by atoms with E-state index < -0.39 is 0 Å². The molecule has 1 fully saturated rings. The second-order valence-electron chi connectivity index (χ2n) is 8.09. The first-order valence-electron chi connectivity index (χ1n) is 10.5. The van der Waals surface area contributed by atoms with E-state index in [0.29, 0.717) is 43.9 Å². The Morgan fingerprint density at radius 3 is 2.19 bits per heavy atom. The first-order valence-corrected chi connectivity index (χ1v) is 10.5. The third-order valence-electron chi connectivity index (χ3n) is 5.52. The minimum Gasteiger partial charge on any atom is -0.345 e. The molecule has 164 valence electrons. The van der Waals surface area contributed by atoms with Crippen LogP contribution in [0.4, 0.5) is 5.69 Å². The van der Waals surface area contributed by atoms with Gasteiger partial charge in [0.15, 0.2) is 0 Å². The molecule has 0 unspecified atom stereocenters. The molecule has 3 rings (SSSR count). The number of carbonyl (C=O) groups excluding carboxylic acids is 3. The van der Waals surface area contributed by atoms with Gasteiger partial charge in [-0.2, -0.15) is 0 Å². The van der Waals surface area contributed by atoms with Crippen molar-refractivity contribution in [1.82, 2.24) is 14.7 Å². The Kier molecular flexibility index (Phi) is 7.41. The summed E-state index contributed by atoms with van der Waals surface area (Å²) in [7, 11) is 3.40. The summed E-state index contributed by atoms with van der Waals surface area (Å²) in [6.45, 7) is 4.89. The van der Waals surface area contributed by atoms with Crippen LogP contribution in [0.3, 0.4) is 0 Å². The van der Waals surface area contributed by atoms with Gasteiger partial charge in [-0.15, -0.1) is 0 Å². The molecule has 0 spiro atoms. The van der Waals surface area contributed by atoms with Crippen LogP contribution in [0.5, 0.6) is 0 Å². The Bertz CT molecular complexity index is 932. The molecule has 1 aliphatic heterocycles. The number of aryl methyl sites for hydroxylation is 1.